The molecule has 2 atom stereocenters. The number of aliphatic hydroxyl groups excluding tert-OH is 1. The van der Waals surface area contributed by atoms with Gasteiger partial charge in [0.15, 0.2) is 0 Å². The predicted molar refractivity (Wildman–Crippen MR) is 98.7 cm³/mol. The minimum atomic E-state index is 0.00482. The molecule has 132 valence electrons. The Labute approximate surface area is 149 Å². The fourth-order valence-electron chi connectivity index (χ4n) is 3.65. The van der Waals surface area contributed by atoms with Gasteiger partial charge in [-0.25, -0.2) is 0 Å². The van der Waals surface area contributed by atoms with Crippen LogP contribution in [0.25, 0.3) is 0 Å². The monoisotopic (exact) mass is 338 g/mol. The van der Waals surface area contributed by atoms with Crippen LogP contribution in [0.1, 0.15) is 30.4 Å². The van der Waals surface area contributed by atoms with E-state index in [0.717, 1.165) is 30.6 Å². The van der Waals surface area contributed by atoms with Crippen LogP contribution in [0.5, 0.6) is 5.75 Å². The van der Waals surface area contributed by atoms with Crippen LogP contribution >= 0.6 is 0 Å². The molecule has 0 spiro atoms. The largest absolute Gasteiger partial charge is 0.493 e. The van der Waals surface area contributed by atoms with E-state index in [-0.39, 0.29) is 12.5 Å². The van der Waals surface area contributed by atoms with Gasteiger partial charge in [0.2, 0.25) is 0 Å². The Morgan fingerprint density at radius 2 is 1.80 bits per heavy atom. The second-order valence-electron chi connectivity index (χ2n) is 6.83. The van der Waals surface area contributed by atoms with Gasteiger partial charge in [0.1, 0.15) is 11.5 Å². The van der Waals surface area contributed by atoms with E-state index in [1.54, 1.807) is 0 Å². The predicted octanol–water partition coefficient (Wildman–Crippen LogP) is 3.83. The molecular formula is C22H26O3. The van der Waals surface area contributed by atoms with Gasteiger partial charge >= 0.3 is 0 Å². The van der Waals surface area contributed by atoms with Crippen LogP contribution in [0.4, 0.5) is 0 Å². The van der Waals surface area contributed by atoms with Crippen molar-refractivity contribution in [2.45, 2.75) is 32.1 Å². The SMILES string of the molecule is O=C1CC[C@H](CCc2ccccc2)[C@H]1COc1cccc(CCO)c1. The van der Waals surface area contributed by atoms with Crippen molar-refractivity contribution in [2.75, 3.05) is 13.2 Å². The minimum Gasteiger partial charge on any atom is -0.493 e. The maximum Gasteiger partial charge on any atom is 0.139 e. The molecule has 0 saturated heterocycles. The molecule has 0 heterocycles. The van der Waals surface area contributed by atoms with Crippen LogP contribution in [0, 0.1) is 11.8 Å². The fraction of sp³-hybridized carbons (Fsp3) is 0.409. The highest BCUT2D eigenvalue weighted by Crippen LogP contribution is 2.33. The zero-order valence-corrected chi connectivity index (χ0v) is 14.6. The molecule has 1 N–H and O–H groups in total. The van der Waals surface area contributed by atoms with Gasteiger partial charge in [-0.15, -0.1) is 0 Å². The average molecular weight is 338 g/mol. The molecular weight excluding hydrogens is 312 g/mol. The lowest BCUT2D eigenvalue weighted by Crippen LogP contribution is -2.23. The number of hydrogen-bond donors (Lipinski definition) is 1. The van der Waals surface area contributed by atoms with Crippen molar-refractivity contribution in [3.8, 4) is 5.75 Å². The third-order valence-corrected chi connectivity index (χ3v) is 5.12. The summed E-state index contributed by atoms with van der Waals surface area (Å²) >= 11 is 0. The Hall–Kier alpha value is -2.13. The van der Waals surface area contributed by atoms with Crippen LogP contribution in [0.15, 0.2) is 54.6 Å². The van der Waals surface area contributed by atoms with Gasteiger partial charge in [-0.1, -0.05) is 42.5 Å². The van der Waals surface area contributed by atoms with Crippen LogP contribution < -0.4 is 4.74 Å². The van der Waals surface area contributed by atoms with Crippen molar-refractivity contribution < 1.29 is 14.6 Å². The summed E-state index contributed by atoms with van der Waals surface area (Å²) in [7, 11) is 0. The maximum absolute atomic E-state index is 12.3. The summed E-state index contributed by atoms with van der Waals surface area (Å²) in [5.41, 5.74) is 2.39. The molecule has 1 aliphatic rings. The van der Waals surface area contributed by atoms with Crippen molar-refractivity contribution in [2.24, 2.45) is 11.8 Å². The number of benzene rings is 2. The third-order valence-electron chi connectivity index (χ3n) is 5.12. The van der Waals surface area contributed by atoms with Crippen molar-refractivity contribution >= 4 is 5.78 Å². The van der Waals surface area contributed by atoms with Crippen molar-refractivity contribution in [1.29, 1.82) is 0 Å². The van der Waals surface area contributed by atoms with Gasteiger partial charge in [0, 0.05) is 13.0 Å². The Bertz CT molecular complexity index is 681. The van der Waals surface area contributed by atoms with Gasteiger partial charge in [-0.2, -0.15) is 0 Å². The Morgan fingerprint density at radius 3 is 2.60 bits per heavy atom. The lowest BCUT2D eigenvalue weighted by Gasteiger charge is -2.19. The minimum absolute atomic E-state index is 0.00482. The second kappa shape index (κ2) is 8.82. The third kappa shape index (κ3) is 4.93. The molecule has 1 aliphatic carbocycles. The van der Waals surface area contributed by atoms with E-state index in [0.29, 0.717) is 31.1 Å². The topological polar surface area (TPSA) is 46.5 Å². The summed E-state index contributed by atoms with van der Waals surface area (Å²) in [6, 6.07) is 18.2. The normalized spacial score (nSPS) is 20.0. The zero-order valence-electron chi connectivity index (χ0n) is 14.6. The standard InChI is InChI=1S/C22H26O3/c23-14-13-18-7-4-8-20(15-18)25-16-21-19(11-12-22(21)24)10-9-17-5-2-1-3-6-17/h1-8,15,19,21,23H,9-14,16H2/t19-,21+/m0/s1. The second-order valence-corrected chi connectivity index (χ2v) is 6.83. The summed E-state index contributed by atoms with van der Waals surface area (Å²) in [6.07, 6.45) is 4.33. The first kappa shape index (κ1) is 17.7. The molecule has 25 heavy (non-hydrogen) atoms. The quantitative estimate of drug-likeness (QED) is 0.796. The number of hydrogen-bond acceptors (Lipinski definition) is 3. The molecule has 0 aromatic heterocycles. The average Bonchev–Trinajstić information content (AvgIpc) is 2.99. The molecule has 0 bridgehead atoms. The van der Waals surface area contributed by atoms with Crippen molar-refractivity contribution in [3.05, 3.63) is 65.7 Å². The van der Waals surface area contributed by atoms with E-state index >= 15 is 0 Å². The van der Waals surface area contributed by atoms with Crippen LogP contribution in [0.3, 0.4) is 0 Å². The number of carbonyl (C=O) groups excluding carboxylic acids is 1. The number of ether oxygens (including phenoxy) is 1. The molecule has 0 radical (unpaired) electrons. The maximum atomic E-state index is 12.3. The Kier molecular flexibility index (Phi) is 6.24. The number of Topliss-reactive ketones (excluding diaryl/α,β-unsaturated/α-hetero) is 1. The number of ketones is 1. The van der Waals surface area contributed by atoms with E-state index in [9.17, 15) is 4.79 Å². The molecule has 0 amide bonds. The van der Waals surface area contributed by atoms with Crippen LogP contribution in [0.2, 0.25) is 0 Å². The molecule has 1 saturated carbocycles. The Morgan fingerprint density at radius 1 is 1.00 bits per heavy atom. The van der Waals surface area contributed by atoms with Gasteiger partial charge in [0.05, 0.1) is 12.5 Å². The zero-order chi connectivity index (χ0) is 17.5. The van der Waals surface area contributed by atoms with Crippen LogP contribution in [-0.2, 0) is 17.6 Å². The lowest BCUT2D eigenvalue weighted by atomic mass is 9.90. The summed E-state index contributed by atoms with van der Waals surface area (Å²) in [6.45, 7) is 0.590. The Balaban J connectivity index is 1.56. The van der Waals surface area contributed by atoms with E-state index < -0.39 is 0 Å². The number of carbonyl (C=O) groups is 1. The summed E-state index contributed by atoms with van der Waals surface area (Å²) < 4.78 is 5.93. The summed E-state index contributed by atoms with van der Waals surface area (Å²) in [4.78, 5) is 12.3. The molecule has 2 aromatic rings. The highest BCUT2D eigenvalue weighted by Gasteiger charge is 2.34. The van der Waals surface area contributed by atoms with Gasteiger partial charge in [-0.05, 0) is 54.9 Å². The van der Waals surface area contributed by atoms with E-state index in [1.165, 1.54) is 5.56 Å². The summed E-state index contributed by atoms with van der Waals surface area (Å²) in [5.74, 6) is 1.54. The molecule has 1 fully saturated rings. The molecule has 3 nitrogen and oxygen atoms in total. The van der Waals surface area contributed by atoms with Crippen LogP contribution in [-0.4, -0.2) is 24.1 Å². The number of aliphatic hydroxyl groups is 1. The molecule has 0 unspecified atom stereocenters. The number of aryl methyl sites for hydroxylation is 1. The van der Waals surface area contributed by atoms with E-state index in [1.807, 2.05) is 30.3 Å². The first-order chi connectivity index (χ1) is 12.3. The lowest BCUT2D eigenvalue weighted by molar-refractivity contribution is -0.122. The molecule has 0 aliphatic heterocycles. The molecule has 2 aromatic carbocycles. The van der Waals surface area contributed by atoms with Gasteiger partial charge in [0.25, 0.3) is 0 Å². The van der Waals surface area contributed by atoms with Crippen molar-refractivity contribution in [1.82, 2.24) is 0 Å². The van der Waals surface area contributed by atoms with Gasteiger partial charge in [-0.3, -0.25) is 4.79 Å². The first-order valence-corrected chi connectivity index (χ1v) is 9.15. The summed E-state index contributed by atoms with van der Waals surface area (Å²) in [5, 5.41) is 9.05. The fourth-order valence-corrected chi connectivity index (χ4v) is 3.65. The van der Waals surface area contributed by atoms with E-state index in [4.69, 9.17) is 9.84 Å². The van der Waals surface area contributed by atoms with E-state index in [2.05, 4.69) is 24.3 Å². The first-order valence-electron chi connectivity index (χ1n) is 9.15. The van der Waals surface area contributed by atoms with Crippen molar-refractivity contribution in [3.63, 3.8) is 0 Å². The van der Waals surface area contributed by atoms with Gasteiger partial charge < -0.3 is 9.84 Å². The molecule has 3 heteroatoms. The highest BCUT2D eigenvalue weighted by atomic mass is 16.5. The highest BCUT2D eigenvalue weighted by molar-refractivity contribution is 5.83. The smallest absolute Gasteiger partial charge is 0.139 e. The molecule has 3 rings (SSSR count). The number of rotatable bonds is 8.